The van der Waals surface area contributed by atoms with E-state index in [1.807, 2.05) is 19.1 Å². The molecule has 1 heterocycles. The minimum Gasteiger partial charge on any atom is -0.493 e. The normalized spacial score (nSPS) is 25.4. The molecule has 1 aromatic rings. The van der Waals surface area contributed by atoms with Gasteiger partial charge in [-0.15, -0.1) is 6.58 Å². The van der Waals surface area contributed by atoms with Crippen LogP contribution in [0.15, 0.2) is 30.9 Å². The number of hydrogen-bond acceptors (Lipinski definition) is 5. The molecule has 136 valence electrons. The second-order valence-electron chi connectivity index (χ2n) is 6.58. The summed E-state index contributed by atoms with van der Waals surface area (Å²) < 4.78 is 16.4. The van der Waals surface area contributed by atoms with Gasteiger partial charge in [-0.1, -0.05) is 19.1 Å². The fraction of sp³-hybridized carbons (Fsp3) is 0.500. The van der Waals surface area contributed by atoms with Crippen LogP contribution < -0.4 is 9.47 Å². The summed E-state index contributed by atoms with van der Waals surface area (Å²) in [4.78, 5) is 24.2. The predicted molar refractivity (Wildman–Crippen MR) is 94.7 cm³/mol. The van der Waals surface area contributed by atoms with Crippen LogP contribution in [0.25, 0.3) is 0 Å². The Bertz CT molecular complexity index is 666. The molecular formula is C20H26O5. The maximum absolute atomic E-state index is 12.7. The average Bonchev–Trinajstić information content (AvgIpc) is 2.84. The van der Waals surface area contributed by atoms with E-state index in [1.165, 1.54) is 0 Å². The highest BCUT2D eigenvalue weighted by atomic mass is 16.6. The minimum absolute atomic E-state index is 0.0676. The summed E-state index contributed by atoms with van der Waals surface area (Å²) in [6.45, 7) is 7.32. The zero-order valence-electron chi connectivity index (χ0n) is 15.3. The zero-order chi connectivity index (χ0) is 18.6. The van der Waals surface area contributed by atoms with Crippen molar-refractivity contribution in [2.24, 2.45) is 11.3 Å². The summed E-state index contributed by atoms with van der Waals surface area (Å²) in [5, 5.41) is 0. The van der Waals surface area contributed by atoms with Gasteiger partial charge in [0, 0.05) is 12.3 Å². The van der Waals surface area contributed by atoms with Gasteiger partial charge in [0.05, 0.1) is 19.6 Å². The number of methoxy groups -OCH3 is 2. The van der Waals surface area contributed by atoms with Crippen molar-refractivity contribution in [3.8, 4) is 11.5 Å². The maximum atomic E-state index is 12.7. The van der Waals surface area contributed by atoms with Crippen LogP contribution in [0, 0.1) is 11.3 Å². The molecule has 0 amide bonds. The number of Topliss-reactive ketones (excluding diaryl/α,β-unsaturated/α-hetero) is 1. The van der Waals surface area contributed by atoms with Gasteiger partial charge in [-0.2, -0.15) is 0 Å². The highest BCUT2D eigenvalue weighted by Crippen LogP contribution is 2.52. The lowest BCUT2D eigenvalue weighted by molar-refractivity contribution is -0.149. The van der Waals surface area contributed by atoms with E-state index >= 15 is 0 Å². The van der Waals surface area contributed by atoms with E-state index < -0.39 is 5.41 Å². The molecule has 0 radical (unpaired) electrons. The monoisotopic (exact) mass is 346 g/mol. The number of carbonyl (C=O) groups excluding carboxylic acids is 2. The van der Waals surface area contributed by atoms with Crippen molar-refractivity contribution in [2.45, 2.75) is 39.2 Å². The predicted octanol–water partition coefficient (Wildman–Crippen LogP) is 3.87. The molecule has 1 aliphatic rings. The summed E-state index contributed by atoms with van der Waals surface area (Å²) in [5.74, 6) is 0.930. The molecule has 3 atom stereocenters. The van der Waals surface area contributed by atoms with Crippen molar-refractivity contribution < 1.29 is 23.8 Å². The van der Waals surface area contributed by atoms with Crippen LogP contribution in [-0.4, -0.2) is 26.0 Å². The Morgan fingerprint density at radius 2 is 2.00 bits per heavy atom. The van der Waals surface area contributed by atoms with E-state index in [1.54, 1.807) is 33.3 Å². The number of carbonyl (C=O) groups is 2. The molecule has 1 saturated heterocycles. The van der Waals surface area contributed by atoms with Gasteiger partial charge < -0.3 is 19.0 Å². The minimum atomic E-state index is -0.717. The van der Waals surface area contributed by atoms with Crippen molar-refractivity contribution in [2.75, 3.05) is 14.2 Å². The lowest BCUT2D eigenvalue weighted by Gasteiger charge is -2.29. The Balaban J connectivity index is 2.36. The van der Waals surface area contributed by atoms with Crippen LogP contribution in [0.1, 0.15) is 44.8 Å². The van der Waals surface area contributed by atoms with Gasteiger partial charge >= 0.3 is 5.97 Å². The van der Waals surface area contributed by atoms with Gasteiger partial charge in [0.1, 0.15) is 11.9 Å². The third-order valence-corrected chi connectivity index (χ3v) is 5.13. The van der Waals surface area contributed by atoms with E-state index in [4.69, 9.17) is 14.2 Å². The third kappa shape index (κ3) is 3.55. The van der Waals surface area contributed by atoms with Crippen molar-refractivity contribution in [3.63, 3.8) is 0 Å². The summed E-state index contributed by atoms with van der Waals surface area (Å²) in [5.41, 5.74) is 0.137. The molecule has 0 spiro atoms. The Morgan fingerprint density at radius 3 is 2.56 bits per heavy atom. The van der Waals surface area contributed by atoms with Gasteiger partial charge in [-0.3, -0.25) is 4.79 Å². The van der Waals surface area contributed by atoms with Crippen molar-refractivity contribution in [1.29, 1.82) is 0 Å². The van der Waals surface area contributed by atoms with Crippen LogP contribution in [0.4, 0.5) is 0 Å². The first-order valence-corrected chi connectivity index (χ1v) is 8.43. The van der Waals surface area contributed by atoms with Crippen LogP contribution in [0.2, 0.25) is 0 Å². The Hall–Kier alpha value is -2.30. The third-order valence-electron chi connectivity index (χ3n) is 5.13. The lowest BCUT2D eigenvalue weighted by Crippen LogP contribution is -2.32. The van der Waals surface area contributed by atoms with Crippen molar-refractivity contribution in [3.05, 3.63) is 36.4 Å². The second-order valence-corrected chi connectivity index (χ2v) is 6.58. The molecule has 0 unspecified atom stereocenters. The second kappa shape index (κ2) is 7.72. The van der Waals surface area contributed by atoms with Crippen LogP contribution >= 0.6 is 0 Å². The van der Waals surface area contributed by atoms with E-state index in [9.17, 15) is 9.59 Å². The molecule has 0 saturated carbocycles. The fourth-order valence-electron chi connectivity index (χ4n) is 3.55. The van der Waals surface area contributed by atoms with Gasteiger partial charge in [0.25, 0.3) is 0 Å². The number of rotatable bonds is 8. The lowest BCUT2D eigenvalue weighted by atomic mass is 9.69. The molecule has 1 fully saturated rings. The molecule has 1 aliphatic heterocycles. The van der Waals surface area contributed by atoms with E-state index in [2.05, 4.69) is 6.58 Å². The number of cyclic esters (lactones) is 1. The maximum Gasteiger partial charge on any atom is 0.313 e. The molecule has 5 nitrogen and oxygen atoms in total. The number of allylic oxidation sites excluding steroid dienone is 1. The zero-order valence-corrected chi connectivity index (χ0v) is 15.3. The molecule has 0 aliphatic carbocycles. The number of hydrogen-bond donors (Lipinski definition) is 0. The van der Waals surface area contributed by atoms with Crippen molar-refractivity contribution >= 4 is 11.8 Å². The molecule has 0 aromatic heterocycles. The van der Waals surface area contributed by atoms with Crippen LogP contribution in [0.5, 0.6) is 11.5 Å². The smallest absolute Gasteiger partial charge is 0.313 e. The summed E-state index contributed by atoms with van der Waals surface area (Å²) in [6.07, 6.45) is 2.66. The molecular weight excluding hydrogens is 320 g/mol. The summed E-state index contributed by atoms with van der Waals surface area (Å²) in [6, 6.07) is 5.52. The van der Waals surface area contributed by atoms with E-state index in [0.717, 1.165) is 5.56 Å². The van der Waals surface area contributed by atoms with Gasteiger partial charge in [-0.05, 0) is 37.5 Å². The quantitative estimate of drug-likeness (QED) is 0.528. The Kier molecular flexibility index (Phi) is 5.88. The number of ketones is 1. The van der Waals surface area contributed by atoms with E-state index in [0.29, 0.717) is 30.8 Å². The van der Waals surface area contributed by atoms with Gasteiger partial charge in [0.15, 0.2) is 11.5 Å². The first-order chi connectivity index (χ1) is 11.9. The van der Waals surface area contributed by atoms with Crippen molar-refractivity contribution in [1.82, 2.24) is 0 Å². The molecule has 2 rings (SSSR count). The molecule has 0 bridgehead atoms. The number of esters is 1. The topological polar surface area (TPSA) is 61.8 Å². The van der Waals surface area contributed by atoms with Crippen LogP contribution in [0.3, 0.4) is 0 Å². The highest BCUT2D eigenvalue weighted by molar-refractivity contribution is 5.82. The summed E-state index contributed by atoms with van der Waals surface area (Å²) in [7, 11) is 3.15. The van der Waals surface area contributed by atoms with Gasteiger partial charge in [-0.25, -0.2) is 0 Å². The largest absolute Gasteiger partial charge is 0.493 e. The van der Waals surface area contributed by atoms with Crippen LogP contribution in [-0.2, 0) is 14.3 Å². The van der Waals surface area contributed by atoms with Gasteiger partial charge in [0.2, 0.25) is 0 Å². The number of ether oxygens (including phenoxy) is 3. The SMILES string of the molecule is C=CC[C@]1(CCC(C)=O)C(=O)O[C@@H](c2ccc(OC)c(OC)c2)[C@H]1C. The Morgan fingerprint density at radius 1 is 1.32 bits per heavy atom. The molecule has 1 aromatic carbocycles. The standard InChI is InChI=1S/C20H26O5/c1-6-10-20(11-9-13(2)21)14(3)18(25-19(20)22)15-7-8-16(23-4)17(12-15)24-5/h6-8,12,14,18H,1,9-11H2,2-5H3/t14-,18-,20-/m1/s1. The molecule has 5 heteroatoms. The summed E-state index contributed by atoms with van der Waals surface area (Å²) >= 11 is 0. The van der Waals surface area contributed by atoms with E-state index in [-0.39, 0.29) is 23.8 Å². The highest BCUT2D eigenvalue weighted by Gasteiger charge is 2.54. The average molecular weight is 346 g/mol. The first kappa shape index (κ1) is 19.0. The fourth-order valence-corrected chi connectivity index (χ4v) is 3.55. The number of benzene rings is 1. The first-order valence-electron chi connectivity index (χ1n) is 8.43. The molecule has 0 N–H and O–H groups in total. The molecule has 25 heavy (non-hydrogen) atoms. The Labute approximate surface area is 149 Å².